The van der Waals surface area contributed by atoms with E-state index >= 15 is 0 Å². The Morgan fingerprint density at radius 2 is 1.50 bits per heavy atom. The summed E-state index contributed by atoms with van der Waals surface area (Å²) < 4.78 is 0. The summed E-state index contributed by atoms with van der Waals surface area (Å²) in [5.41, 5.74) is -0.0773. The number of fused-ring (bicyclic) bond motifs is 1. The normalized spacial score (nSPS) is 32.3. The Morgan fingerprint density at radius 3 is 2.27 bits per heavy atom. The van der Waals surface area contributed by atoms with Crippen LogP contribution in [0.4, 0.5) is 0 Å². The molecule has 22 heavy (non-hydrogen) atoms. The maximum atomic E-state index is 11.3. The van der Waals surface area contributed by atoms with E-state index in [4.69, 9.17) is 0 Å². The van der Waals surface area contributed by atoms with E-state index in [0.717, 1.165) is 21.5 Å². The molecule has 0 aromatic heterocycles. The van der Waals surface area contributed by atoms with Crippen LogP contribution in [0.5, 0.6) is 0 Å². The number of benzene rings is 3. The predicted octanol–water partition coefficient (Wildman–Crippen LogP) is 1.31. The highest BCUT2D eigenvalue weighted by molar-refractivity contribution is 6.15. The van der Waals surface area contributed by atoms with Crippen LogP contribution >= 0.6 is 0 Å². The van der Waals surface area contributed by atoms with E-state index in [-0.39, 0.29) is 0 Å². The summed E-state index contributed by atoms with van der Waals surface area (Å²) in [5.74, 6) is 0. The fourth-order valence-electron chi connectivity index (χ4n) is 4.23. The number of aliphatic hydroxyl groups is 4. The molecule has 0 aliphatic heterocycles. The molecule has 0 heterocycles. The summed E-state index contributed by atoms with van der Waals surface area (Å²) in [6, 6.07) is 13.1. The van der Waals surface area contributed by atoms with Crippen LogP contribution in [0.3, 0.4) is 0 Å². The van der Waals surface area contributed by atoms with E-state index < -0.39 is 23.9 Å². The number of hydrogen-bond acceptors (Lipinski definition) is 4. The summed E-state index contributed by atoms with van der Waals surface area (Å²) in [7, 11) is 0. The third-order valence-electron chi connectivity index (χ3n) is 5.24. The summed E-state index contributed by atoms with van der Waals surface area (Å²) >= 11 is 0. The first kappa shape index (κ1) is 12.6. The van der Waals surface area contributed by atoms with Crippen LogP contribution in [0.25, 0.3) is 21.5 Å². The lowest BCUT2D eigenvalue weighted by Gasteiger charge is -2.42. The molecule has 4 nitrogen and oxygen atoms in total. The molecule has 0 bridgehead atoms. The third-order valence-corrected chi connectivity index (χ3v) is 5.24. The van der Waals surface area contributed by atoms with Gasteiger partial charge in [0.25, 0.3) is 0 Å². The van der Waals surface area contributed by atoms with Gasteiger partial charge < -0.3 is 20.4 Å². The highest BCUT2D eigenvalue weighted by Crippen LogP contribution is 2.55. The van der Waals surface area contributed by atoms with Gasteiger partial charge in [-0.2, -0.15) is 0 Å². The molecular weight excluding hydrogens is 280 g/mol. The molecule has 3 aromatic carbocycles. The Labute approximate surface area is 125 Å². The zero-order valence-electron chi connectivity index (χ0n) is 11.6. The quantitative estimate of drug-likeness (QED) is 0.471. The summed E-state index contributed by atoms with van der Waals surface area (Å²) in [4.78, 5) is 0. The molecule has 5 rings (SSSR count). The van der Waals surface area contributed by atoms with Crippen LogP contribution in [0.2, 0.25) is 0 Å². The lowest BCUT2D eigenvalue weighted by atomic mass is 9.73. The zero-order chi connectivity index (χ0) is 15.2. The monoisotopic (exact) mass is 294 g/mol. The molecule has 0 unspecified atom stereocenters. The van der Waals surface area contributed by atoms with Gasteiger partial charge in [0, 0.05) is 5.56 Å². The van der Waals surface area contributed by atoms with E-state index in [9.17, 15) is 20.4 Å². The molecule has 0 amide bonds. The van der Waals surface area contributed by atoms with Crippen molar-refractivity contribution >= 4 is 21.5 Å². The standard InChI is InChI=1S/C18H14O4/c19-15-10-7-6-9-5-4-8-2-1-3-11-12(8)13(9)14(10)18(11,22)17(21)16(15)20/h1-7,15-17,19-22H/t15-,16+,17-,18-/m1/s1. The van der Waals surface area contributed by atoms with Crippen molar-refractivity contribution in [2.75, 3.05) is 0 Å². The van der Waals surface area contributed by atoms with Gasteiger partial charge in [0.2, 0.25) is 0 Å². The van der Waals surface area contributed by atoms with Crippen molar-refractivity contribution in [2.24, 2.45) is 0 Å². The zero-order valence-corrected chi connectivity index (χ0v) is 11.6. The molecule has 3 aromatic rings. The Bertz CT molecular complexity index is 964. The molecule has 4 N–H and O–H groups in total. The first-order valence-electron chi connectivity index (χ1n) is 7.31. The second-order valence-corrected chi connectivity index (χ2v) is 6.24. The van der Waals surface area contributed by atoms with Crippen LogP contribution < -0.4 is 0 Å². The topological polar surface area (TPSA) is 80.9 Å². The van der Waals surface area contributed by atoms with Crippen molar-refractivity contribution in [3.63, 3.8) is 0 Å². The van der Waals surface area contributed by atoms with Crippen LogP contribution in [0, 0.1) is 0 Å². The SMILES string of the molecule is O[C@H]1[C@H](O)c2ccc3ccc4cccc5c4c3c2[C@@]5(O)[C@@H]1O. The number of aliphatic hydroxyl groups excluding tert-OH is 3. The van der Waals surface area contributed by atoms with Crippen LogP contribution in [0.1, 0.15) is 22.8 Å². The predicted molar refractivity (Wildman–Crippen MR) is 81.4 cm³/mol. The minimum atomic E-state index is -1.68. The molecule has 0 fully saturated rings. The number of hydrogen-bond donors (Lipinski definition) is 4. The van der Waals surface area contributed by atoms with Crippen LogP contribution in [-0.2, 0) is 5.60 Å². The molecule has 0 radical (unpaired) electrons. The molecule has 4 heteroatoms. The van der Waals surface area contributed by atoms with Crippen molar-refractivity contribution < 1.29 is 20.4 Å². The van der Waals surface area contributed by atoms with Gasteiger partial charge in [-0.1, -0.05) is 42.5 Å². The van der Waals surface area contributed by atoms with Crippen molar-refractivity contribution in [2.45, 2.75) is 23.9 Å². The van der Waals surface area contributed by atoms with Gasteiger partial charge >= 0.3 is 0 Å². The number of rotatable bonds is 0. The van der Waals surface area contributed by atoms with Crippen LogP contribution in [0.15, 0.2) is 42.5 Å². The van der Waals surface area contributed by atoms with E-state index in [1.807, 2.05) is 30.3 Å². The lowest BCUT2D eigenvalue weighted by molar-refractivity contribution is -0.152. The third kappa shape index (κ3) is 1.13. The Kier molecular flexibility index (Phi) is 2.09. The minimum absolute atomic E-state index is 0.483. The molecule has 0 saturated carbocycles. The highest BCUT2D eigenvalue weighted by atomic mass is 16.4. The summed E-state index contributed by atoms with van der Waals surface area (Å²) in [5, 5.41) is 46.0. The Hall–Kier alpha value is -1.98. The van der Waals surface area contributed by atoms with Gasteiger partial charge in [-0.3, -0.25) is 0 Å². The second-order valence-electron chi connectivity index (χ2n) is 6.24. The van der Waals surface area contributed by atoms with Gasteiger partial charge in [-0.05, 0) is 32.7 Å². The molecule has 2 aliphatic carbocycles. The first-order valence-corrected chi connectivity index (χ1v) is 7.31. The first-order chi connectivity index (χ1) is 10.5. The summed E-state index contributed by atoms with van der Waals surface area (Å²) in [6.07, 6.45) is -4.11. The van der Waals surface area contributed by atoms with Gasteiger partial charge in [-0.25, -0.2) is 0 Å². The van der Waals surface area contributed by atoms with E-state index in [0.29, 0.717) is 16.7 Å². The van der Waals surface area contributed by atoms with Gasteiger partial charge in [0.15, 0.2) is 0 Å². The average molecular weight is 294 g/mol. The molecule has 2 aliphatic rings. The summed E-state index contributed by atoms with van der Waals surface area (Å²) in [6.45, 7) is 0. The molecule has 4 atom stereocenters. The molecule has 0 saturated heterocycles. The van der Waals surface area contributed by atoms with Crippen molar-refractivity contribution in [3.05, 3.63) is 59.2 Å². The Balaban J connectivity index is 2.09. The van der Waals surface area contributed by atoms with Gasteiger partial charge in [0.1, 0.15) is 23.9 Å². The lowest BCUT2D eigenvalue weighted by Crippen LogP contribution is -2.52. The van der Waals surface area contributed by atoms with Crippen molar-refractivity contribution in [1.82, 2.24) is 0 Å². The maximum Gasteiger partial charge on any atom is 0.145 e. The minimum Gasteiger partial charge on any atom is -0.387 e. The van der Waals surface area contributed by atoms with Crippen molar-refractivity contribution in [1.29, 1.82) is 0 Å². The smallest absolute Gasteiger partial charge is 0.145 e. The fourth-order valence-corrected chi connectivity index (χ4v) is 4.23. The average Bonchev–Trinajstić information content (AvgIpc) is 2.83. The second kappa shape index (κ2) is 3.67. The van der Waals surface area contributed by atoms with E-state index in [1.54, 1.807) is 12.1 Å². The highest BCUT2D eigenvalue weighted by Gasteiger charge is 2.55. The molecule has 0 spiro atoms. The van der Waals surface area contributed by atoms with Crippen LogP contribution in [-0.4, -0.2) is 32.6 Å². The van der Waals surface area contributed by atoms with Crippen molar-refractivity contribution in [3.8, 4) is 0 Å². The largest absolute Gasteiger partial charge is 0.387 e. The van der Waals surface area contributed by atoms with E-state index in [2.05, 4.69) is 0 Å². The van der Waals surface area contributed by atoms with Gasteiger partial charge in [0.05, 0.1) is 0 Å². The van der Waals surface area contributed by atoms with Gasteiger partial charge in [-0.15, -0.1) is 0 Å². The fraction of sp³-hybridized carbons (Fsp3) is 0.222. The molecular formula is C18H14O4. The molecule has 110 valence electrons. The Morgan fingerprint density at radius 1 is 0.818 bits per heavy atom. The maximum absolute atomic E-state index is 11.3. The van der Waals surface area contributed by atoms with E-state index in [1.165, 1.54) is 0 Å².